The second-order valence-electron chi connectivity index (χ2n) is 10.8. The van der Waals surface area contributed by atoms with E-state index in [4.69, 9.17) is 15.9 Å². The summed E-state index contributed by atoms with van der Waals surface area (Å²) in [5, 5.41) is 20.2. The van der Waals surface area contributed by atoms with Crippen molar-refractivity contribution >= 4 is 17.8 Å². The molecule has 0 saturated carbocycles. The summed E-state index contributed by atoms with van der Waals surface area (Å²) in [5.74, 6) is -1.53. The predicted octanol–water partition coefficient (Wildman–Crippen LogP) is 7.35. The van der Waals surface area contributed by atoms with E-state index in [0.29, 0.717) is 25.8 Å². The Balaban J connectivity index is 3.17. The lowest BCUT2D eigenvalue weighted by Crippen LogP contribution is -2.30. The van der Waals surface area contributed by atoms with E-state index in [2.05, 4.69) is 5.32 Å². The monoisotopic (exact) mass is 526 g/mol. The molecule has 0 aliphatic rings. The normalized spacial score (nSPS) is 11.9. The maximum Gasteiger partial charge on any atom is 0.320 e. The highest BCUT2D eigenvalue weighted by molar-refractivity contribution is 5.75. The van der Waals surface area contributed by atoms with Crippen LogP contribution in [0.25, 0.3) is 0 Å². The summed E-state index contributed by atoms with van der Waals surface area (Å²) >= 11 is 0. The van der Waals surface area contributed by atoms with Gasteiger partial charge in [0.2, 0.25) is 5.91 Å². The third-order valence-corrected chi connectivity index (χ3v) is 7.13. The minimum atomic E-state index is -0.964. The molecule has 5 N–H and O–H groups in total. The highest BCUT2D eigenvalue weighted by Gasteiger charge is 2.10. The number of unbranched alkanes of at least 4 members (excludes halogenated alkanes) is 20. The second-order valence-corrected chi connectivity index (χ2v) is 10.8. The van der Waals surface area contributed by atoms with Gasteiger partial charge in [0.1, 0.15) is 6.04 Å². The van der Waals surface area contributed by atoms with Crippen LogP contribution in [0, 0.1) is 0 Å². The lowest BCUT2D eigenvalue weighted by molar-refractivity contribution is -0.139. The molecule has 0 saturated heterocycles. The molecule has 0 spiro atoms. The lowest BCUT2D eigenvalue weighted by atomic mass is 10.0. The number of carboxylic acid groups (broad SMARTS) is 2. The Morgan fingerprint density at radius 3 is 1.22 bits per heavy atom. The van der Waals surface area contributed by atoms with Gasteiger partial charge in [-0.1, -0.05) is 116 Å². The van der Waals surface area contributed by atoms with Crippen LogP contribution in [0.5, 0.6) is 0 Å². The molecule has 1 atom stereocenters. The molecule has 218 valence electrons. The van der Waals surface area contributed by atoms with Gasteiger partial charge in [-0.2, -0.15) is 0 Å². The second kappa shape index (κ2) is 27.4. The van der Waals surface area contributed by atoms with Gasteiger partial charge in [-0.15, -0.1) is 0 Å². The first-order chi connectivity index (χ1) is 17.9. The van der Waals surface area contributed by atoms with Gasteiger partial charge in [-0.3, -0.25) is 14.4 Å². The number of nitrogens with one attached hydrogen (secondary N) is 1. The number of carbonyl (C=O) groups is 3. The predicted molar refractivity (Wildman–Crippen MR) is 152 cm³/mol. The Labute approximate surface area is 226 Å². The number of aliphatic carboxylic acids is 2. The van der Waals surface area contributed by atoms with Crippen LogP contribution in [-0.4, -0.2) is 40.6 Å². The molecule has 0 aromatic carbocycles. The largest absolute Gasteiger partial charge is 0.481 e. The average Bonchev–Trinajstić information content (AvgIpc) is 2.86. The van der Waals surface area contributed by atoms with Gasteiger partial charge in [0.25, 0.3) is 0 Å². The van der Waals surface area contributed by atoms with Crippen molar-refractivity contribution in [3.05, 3.63) is 0 Å². The maximum absolute atomic E-state index is 11.8. The Hall–Kier alpha value is -1.63. The van der Waals surface area contributed by atoms with Crippen molar-refractivity contribution in [3.8, 4) is 0 Å². The minimum absolute atomic E-state index is 0.101. The van der Waals surface area contributed by atoms with Crippen LogP contribution in [0.1, 0.15) is 161 Å². The van der Waals surface area contributed by atoms with E-state index in [0.717, 1.165) is 38.5 Å². The standard InChI is InChI=1S/C30H58N2O5/c31-27(30(36)37)23-21-22-26-32-28(33)24-19-17-15-13-11-9-7-5-3-1-2-4-6-8-10-12-14-16-18-20-25-29(34)35/h27H,1-26,31H2,(H,32,33)(H,34,35)(H,36,37)/t27-/m0/s1. The smallest absolute Gasteiger partial charge is 0.320 e. The van der Waals surface area contributed by atoms with Crippen molar-refractivity contribution in [1.29, 1.82) is 0 Å². The molecule has 0 unspecified atom stereocenters. The molecule has 0 bridgehead atoms. The highest BCUT2D eigenvalue weighted by atomic mass is 16.4. The summed E-state index contributed by atoms with van der Waals surface area (Å²) in [5.41, 5.74) is 5.46. The number of amides is 1. The van der Waals surface area contributed by atoms with Crippen LogP contribution < -0.4 is 11.1 Å². The third-order valence-electron chi connectivity index (χ3n) is 7.13. The molecule has 0 aromatic heterocycles. The van der Waals surface area contributed by atoms with E-state index >= 15 is 0 Å². The first-order valence-electron chi connectivity index (χ1n) is 15.4. The van der Waals surface area contributed by atoms with Crippen LogP contribution in [-0.2, 0) is 14.4 Å². The molecule has 1 amide bonds. The lowest BCUT2D eigenvalue weighted by Gasteiger charge is -2.07. The van der Waals surface area contributed by atoms with E-state index in [9.17, 15) is 14.4 Å². The zero-order valence-electron chi connectivity index (χ0n) is 23.7. The van der Waals surface area contributed by atoms with Crippen molar-refractivity contribution in [2.75, 3.05) is 6.54 Å². The summed E-state index contributed by atoms with van der Waals surface area (Å²) in [6.07, 6.45) is 28.0. The van der Waals surface area contributed by atoms with Crippen LogP contribution in [0.2, 0.25) is 0 Å². The Morgan fingerprint density at radius 2 is 0.865 bits per heavy atom. The quantitative estimate of drug-likeness (QED) is 0.0754. The molecule has 7 heteroatoms. The summed E-state index contributed by atoms with van der Waals surface area (Å²) in [7, 11) is 0. The van der Waals surface area contributed by atoms with Gasteiger partial charge in [0.15, 0.2) is 0 Å². The fraction of sp³-hybridized carbons (Fsp3) is 0.900. The highest BCUT2D eigenvalue weighted by Crippen LogP contribution is 2.15. The summed E-state index contributed by atoms with van der Waals surface area (Å²) in [6, 6.07) is -0.797. The van der Waals surface area contributed by atoms with Crippen LogP contribution in [0.3, 0.4) is 0 Å². The minimum Gasteiger partial charge on any atom is -0.481 e. The van der Waals surface area contributed by atoms with Crippen molar-refractivity contribution in [3.63, 3.8) is 0 Å². The number of nitrogens with two attached hydrogens (primary N) is 1. The van der Waals surface area contributed by atoms with Crippen molar-refractivity contribution in [2.24, 2.45) is 5.73 Å². The van der Waals surface area contributed by atoms with Crippen molar-refractivity contribution < 1.29 is 24.6 Å². The number of hydrogen-bond acceptors (Lipinski definition) is 4. The number of carboxylic acids is 2. The molecule has 37 heavy (non-hydrogen) atoms. The number of carbonyl (C=O) groups excluding carboxylic acids is 1. The third kappa shape index (κ3) is 28.8. The molecule has 7 nitrogen and oxygen atoms in total. The molecular weight excluding hydrogens is 468 g/mol. The zero-order chi connectivity index (χ0) is 27.4. The van der Waals surface area contributed by atoms with Gasteiger partial charge in [-0.05, 0) is 32.1 Å². The van der Waals surface area contributed by atoms with Crippen LogP contribution >= 0.6 is 0 Å². The Morgan fingerprint density at radius 1 is 0.514 bits per heavy atom. The molecule has 0 heterocycles. The van der Waals surface area contributed by atoms with E-state index in [-0.39, 0.29) is 5.91 Å². The molecule has 0 aromatic rings. The summed E-state index contributed by atoms with van der Waals surface area (Å²) in [6.45, 7) is 0.602. The summed E-state index contributed by atoms with van der Waals surface area (Å²) < 4.78 is 0. The van der Waals surface area contributed by atoms with Crippen molar-refractivity contribution in [1.82, 2.24) is 5.32 Å². The van der Waals surface area contributed by atoms with Crippen LogP contribution in [0.4, 0.5) is 0 Å². The molecule has 0 rings (SSSR count). The topological polar surface area (TPSA) is 130 Å². The van der Waals surface area contributed by atoms with E-state index in [1.807, 2.05) is 0 Å². The molecule has 0 aliphatic heterocycles. The molecule has 0 fully saturated rings. The zero-order valence-corrected chi connectivity index (χ0v) is 23.7. The van der Waals surface area contributed by atoms with Gasteiger partial charge in [0, 0.05) is 19.4 Å². The van der Waals surface area contributed by atoms with Gasteiger partial charge in [0.05, 0.1) is 0 Å². The molecule has 0 aliphatic carbocycles. The first kappa shape index (κ1) is 35.4. The van der Waals surface area contributed by atoms with Gasteiger partial charge >= 0.3 is 11.9 Å². The van der Waals surface area contributed by atoms with E-state index in [1.165, 1.54) is 103 Å². The Bertz CT molecular complexity index is 556. The van der Waals surface area contributed by atoms with E-state index < -0.39 is 18.0 Å². The van der Waals surface area contributed by atoms with Gasteiger partial charge < -0.3 is 21.3 Å². The summed E-state index contributed by atoms with van der Waals surface area (Å²) in [4.78, 5) is 32.9. The molecule has 0 radical (unpaired) electrons. The van der Waals surface area contributed by atoms with Crippen LogP contribution in [0.15, 0.2) is 0 Å². The fourth-order valence-electron chi connectivity index (χ4n) is 4.67. The SMILES string of the molecule is N[C@@H](CCCCNC(=O)CCCCCCCCCCCCCCCCCCCCCCC(=O)O)C(=O)O. The number of rotatable bonds is 29. The molecular formula is C30H58N2O5. The Kier molecular flexibility index (Phi) is 26.2. The fourth-order valence-corrected chi connectivity index (χ4v) is 4.67. The van der Waals surface area contributed by atoms with Crippen molar-refractivity contribution in [2.45, 2.75) is 167 Å². The average molecular weight is 527 g/mol. The maximum atomic E-state index is 11.8. The first-order valence-corrected chi connectivity index (χ1v) is 15.4. The number of hydrogen-bond donors (Lipinski definition) is 4. The van der Waals surface area contributed by atoms with E-state index in [1.54, 1.807) is 0 Å². The van der Waals surface area contributed by atoms with Gasteiger partial charge in [-0.25, -0.2) is 0 Å².